The van der Waals surface area contributed by atoms with Crippen molar-refractivity contribution in [2.24, 2.45) is 0 Å². The second kappa shape index (κ2) is 5.76. The first kappa shape index (κ1) is 12.7. The van der Waals surface area contributed by atoms with Gasteiger partial charge in [0.05, 0.1) is 6.61 Å². The van der Waals surface area contributed by atoms with E-state index in [2.05, 4.69) is 12.1 Å². The number of carbonyl (C=O) groups is 1. The van der Waals surface area contributed by atoms with Crippen LogP contribution in [0.4, 0.5) is 10.5 Å². The highest BCUT2D eigenvalue weighted by Gasteiger charge is 2.24. The molecule has 2 N–H and O–H groups in total. The third kappa shape index (κ3) is 2.94. The smallest absolute Gasteiger partial charge is 0.409 e. The lowest BCUT2D eigenvalue weighted by Gasteiger charge is -2.31. The summed E-state index contributed by atoms with van der Waals surface area (Å²) >= 11 is 0. The minimum Gasteiger partial charge on any atom is -0.450 e. The van der Waals surface area contributed by atoms with E-state index in [4.69, 9.17) is 10.5 Å². The Labute approximate surface area is 108 Å². The highest BCUT2D eigenvalue weighted by atomic mass is 16.6. The average Bonchev–Trinajstić information content (AvgIpc) is 2.40. The largest absolute Gasteiger partial charge is 0.450 e. The van der Waals surface area contributed by atoms with Gasteiger partial charge in [-0.2, -0.15) is 0 Å². The molecule has 0 aromatic heterocycles. The van der Waals surface area contributed by atoms with E-state index in [9.17, 15) is 4.79 Å². The molecule has 2 rings (SSSR count). The minimum atomic E-state index is -0.187. The molecule has 1 fully saturated rings. The summed E-state index contributed by atoms with van der Waals surface area (Å²) in [5.41, 5.74) is 7.79. The maximum Gasteiger partial charge on any atom is 0.409 e. The lowest BCUT2D eigenvalue weighted by Crippen LogP contribution is -2.38. The number of anilines is 1. The van der Waals surface area contributed by atoms with Crippen molar-refractivity contribution in [3.05, 3.63) is 29.8 Å². The highest BCUT2D eigenvalue weighted by Crippen LogP contribution is 2.28. The molecule has 0 bridgehead atoms. The lowest BCUT2D eigenvalue weighted by molar-refractivity contribution is 0.0971. The van der Waals surface area contributed by atoms with Crippen LogP contribution in [0.3, 0.4) is 0 Å². The van der Waals surface area contributed by atoms with Crippen LogP contribution in [0.15, 0.2) is 24.3 Å². The quantitative estimate of drug-likeness (QED) is 0.818. The normalized spacial score (nSPS) is 16.6. The van der Waals surface area contributed by atoms with E-state index in [0.29, 0.717) is 12.5 Å². The van der Waals surface area contributed by atoms with E-state index >= 15 is 0 Å². The predicted octanol–water partition coefficient (Wildman–Crippen LogP) is 2.60. The number of nitrogens with zero attached hydrogens (tertiary/aromatic N) is 1. The Kier molecular flexibility index (Phi) is 4.07. The van der Waals surface area contributed by atoms with E-state index in [1.54, 1.807) is 4.90 Å². The van der Waals surface area contributed by atoms with Gasteiger partial charge in [-0.1, -0.05) is 12.1 Å². The van der Waals surface area contributed by atoms with E-state index in [1.165, 1.54) is 5.56 Å². The Bertz CT molecular complexity index is 395. The third-order valence-electron chi connectivity index (χ3n) is 3.43. The van der Waals surface area contributed by atoms with E-state index in [-0.39, 0.29) is 6.09 Å². The van der Waals surface area contributed by atoms with Gasteiger partial charge in [-0.3, -0.25) is 0 Å². The van der Waals surface area contributed by atoms with Gasteiger partial charge in [-0.15, -0.1) is 0 Å². The molecule has 18 heavy (non-hydrogen) atoms. The van der Waals surface area contributed by atoms with Gasteiger partial charge in [-0.25, -0.2) is 4.79 Å². The molecule has 0 aliphatic carbocycles. The molecule has 0 radical (unpaired) electrons. The summed E-state index contributed by atoms with van der Waals surface area (Å²) in [5.74, 6) is 0.524. The van der Waals surface area contributed by atoms with Gasteiger partial charge < -0.3 is 15.4 Å². The number of rotatable bonds is 2. The standard InChI is InChI=1S/C14H20N2O2/c1-2-18-14(17)16-9-7-12(8-10-16)11-3-5-13(15)6-4-11/h3-6,12H,2,7-10,15H2,1H3. The van der Waals surface area contributed by atoms with Crippen molar-refractivity contribution in [1.82, 2.24) is 4.90 Å². The first-order valence-corrected chi connectivity index (χ1v) is 6.48. The second-order valence-electron chi connectivity index (χ2n) is 4.63. The minimum absolute atomic E-state index is 0.187. The summed E-state index contributed by atoms with van der Waals surface area (Å²) in [6.07, 6.45) is 1.79. The maximum atomic E-state index is 11.6. The van der Waals surface area contributed by atoms with E-state index in [1.807, 2.05) is 19.1 Å². The van der Waals surface area contributed by atoms with Gasteiger partial charge in [0.2, 0.25) is 0 Å². The molecule has 1 heterocycles. The summed E-state index contributed by atoms with van der Waals surface area (Å²) in [5, 5.41) is 0. The molecular formula is C14H20N2O2. The van der Waals surface area contributed by atoms with Crippen LogP contribution in [0.1, 0.15) is 31.2 Å². The molecule has 1 aliphatic heterocycles. The summed E-state index contributed by atoms with van der Waals surface area (Å²) in [7, 11) is 0. The number of piperidine rings is 1. The number of carbonyl (C=O) groups excluding carboxylic acids is 1. The predicted molar refractivity (Wildman–Crippen MR) is 71.4 cm³/mol. The number of ether oxygens (including phenoxy) is 1. The van der Waals surface area contributed by atoms with Crippen molar-refractivity contribution in [2.75, 3.05) is 25.4 Å². The Morgan fingerprint density at radius 3 is 2.50 bits per heavy atom. The summed E-state index contributed by atoms with van der Waals surface area (Å²) in [4.78, 5) is 13.4. The highest BCUT2D eigenvalue weighted by molar-refractivity contribution is 5.67. The van der Waals surface area contributed by atoms with Gasteiger partial charge in [0.1, 0.15) is 0 Å². The van der Waals surface area contributed by atoms with Gasteiger partial charge in [0, 0.05) is 18.8 Å². The molecule has 1 aliphatic rings. The van der Waals surface area contributed by atoms with Crippen LogP contribution in [0.5, 0.6) is 0 Å². The van der Waals surface area contributed by atoms with Crippen molar-refractivity contribution >= 4 is 11.8 Å². The van der Waals surface area contributed by atoms with Crippen LogP contribution < -0.4 is 5.73 Å². The van der Waals surface area contributed by atoms with Crippen molar-refractivity contribution in [2.45, 2.75) is 25.7 Å². The summed E-state index contributed by atoms with van der Waals surface area (Å²) < 4.78 is 5.01. The van der Waals surface area contributed by atoms with Gasteiger partial charge in [0.25, 0.3) is 0 Å². The zero-order valence-electron chi connectivity index (χ0n) is 10.8. The molecule has 1 saturated heterocycles. The van der Waals surface area contributed by atoms with Crippen LogP contribution in [0.25, 0.3) is 0 Å². The number of hydrogen-bond acceptors (Lipinski definition) is 3. The monoisotopic (exact) mass is 248 g/mol. The average molecular weight is 248 g/mol. The van der Waals surface area contributed by atoms with Crippen LogP contribution in [0.2, 0.25) is 0 Å². The number of nitrogens with two attached hydrogens (primary N) is 1. The molecule has 4 heteroatoms. The fraction of sp³-hybridized carbons (Fsp3) is 0.500. The fourth-order valence-corrected chi connectivity index (χ4v) is 2.38. The maximum absolute atomic E-state index is 11.6. The van der Waals surface area contributed by atoms with Crippen LogP contribution in [-0.2, 0) is 4.74 Å². The number of amides is 1. The second-order valence-corrected chi connectivity index (χ2v) is 4.63. The number of nitrogen functional groups attached to an aromatic ring is 1. The molecule has 1 aromatic rings. The van der Waals surface area contributed by atoms with Crippen LogP contribution in [0, 0.1) is 0 Å². The number of likely N-dealkylation sites (tertiary alicyclic amines) is 1. The van der Waals surface area contributed by atoms with Crippen molar-refractivity contribution in [3.63, 3.8) is 0 Å². The molecule has 98 valence electrons. The van der Waals surface area contributed by atoms with Gasteiger partial charge in [0.15, 0.2) is 0 Å². The van der Waals surface area contributed by atoms with Crippen molar-refractivity contribution < 1.29 is 9.53 Å². The van der Waals surface area contributed by atoms with Gasteiger partial charge in [-0.05, 0) is 43.4 Å². The zero-order chi connectivity index (χ0) is 13.0. The molecule has 0 spiro atoms. The summed E-state index contributed by atoms with van der Waals surface area (Å²) in [6, 6.07) is 8.04. The Hall–Kier alpha value is -1.71. The van der Waals surface area contributed by atoms with E-state index in [0.717, 1.165) is 31.6 Å². The van der Waals surface area contributed by atoms with Crippen LogP contribution in [-0.4, -0.2) is 30.7 Å². The SMILES string of the molecule is CCOC(=O)N1CCC(c2ccc(N)cc2)CC1. The van der Waals surface area contributed by atoms with Gasteiger partial charge >= 0.3 is 6.09 Å². The number of hydrogen-bond donors (Lipinski definition) is 1. The molecule has 0 unspecified atom stereocenters. The molecule has 1 aromatic carbocycles. The first-order chi connectivity index (χ1) is 8.70. The first-order valence-electron chi connectivity index (χ1n) is 6.48. The van der Waals surface area contributed by atoms with Crippen molar-refractivity contribution in [1.29, 1.82) is 0 Å². The molecule has 4 nitrogen and oxygen atoms in total. The molecule has 0 saturated carbocycles. The Morgan fingerprint density at radius 1 is 1.33 bits per heavy atom. The molecule has 1 amide bonds. The molecular weight excluding hydrogens is 228 g/mol. The zero-order valence-corrected chi connectivity index (χ0v) is 10.8. The fourth-order valence-electron chi connectivity index (χ4n) is 2.38. The molecule has 0 atom stereocenters. The van der Waals surface area contributed by atoms with Crippen LogP contribution >= 0.6 is 0 Å². The topological polar surface area (TPSA) is 55.6 Å². The number of benzene rings is 1. The lowest BCUT2D eigenvalue weighted by atomic mass is 9.89. The Morgan fingerprint density at radius 2 is 1.94 bits per heavy atom. The van der Waals surface area contributed by atoms with E-state index < -0.39 is 0 Å². The third-order valence-corrected chi connectivity index (χ3v) is 3.43. The van der Waals surface area contributed by atoms with Crippen molar-refractivity contribution in [3.8, 4) is 0 Å². The summed E-state index contributed by atoms with van der Waals surface area (Å²) in [6.45, 7) is 3.82. The Balaban J connectivity index is 1.90.